The third-order valence-electron chi connectivity index (χ3n) is 1.71. The number of hydrogen-bond acceptors (Lipinski definition) is 1. The molecule has 1 rings (SSSR count). The van der Waals surface area contributed by atoms with Crippen LogP contribution in [0.25, 0.3) is 0 Å². The highest BCUT2D eigenvalue weighted by Gasteiger charge is 2.06. The Kier molecular flexibility index (Phi) is 3.14. The van der Waals surface area contributed by atoms with Crippen LogP contribution in [0.5, 0.6) is 0 Å². The number of carbonyl (C=O) groups excluding carboxylic acids is 1. The molecular weight excluding hydrogens is 188 g/mol. The molecule has 70 valence electrons. The fourth-order valence-corrected chi connectivity index (χ4v) is 1.27. The first-order chi connectivity index (χ1) is 6.09. The highest BCUT2D eigenvalue weighted by Crippen LogP contribution is 2.16. The molecule has 0 heterocycles. The smallest absolute Gasteiger partial charge is 0.312 e. The highest BCUT2D eigenvalue weighted by atomic mass is 35.5. The summed E-state index contributed by atoms with van der Waals surface area (Å²) in [6.07, 6.45) is 0. The van der Waals surface area contributed by atoms with Gasteiger partial charge in [0.15, 0.2) is 0 Å². The van der Waals surface area contributed by atoms with Crippen molar-refractivity contribution in [2.75, 3.05) is 0 Å². The van der Waals surface area contributed by atoms with Crippen molar-refractivity contribution in [3.05, 3.63) is 34.9 Å². The zero-order chi connectivity index (χ0) is 9.84. The molecule has 2 amide bonds. The Balaban J connectivity index is 2.76. The zero-order valence-electron chi connectivity index (χ0n) is 7.25. The maximum atomic E-state index is 10.5. The number of hydrogen-bond donors (Lipinski definition) is 2. The van der Waals surface area contributed by atoms with E-state index < -0.39 is 6.03 Å². The van der Waals surface area contributed by atoms with E-state index >= 15 is 0 Å². The number of amides is 2. The quantitative estimate of drug-likeness (QED) is 0.751. The van der Waals surface area contributed by atoms with Crippen molar-refractivity contribution in [3.63, 3.8) is 0 Å². The molecular formula is C9H11ClN2O. The fourth-order valence-electron chi connectivity index (χ4n) is 1.07. The van der Waals surface area contributed by atoms with Gasteiger partial charge in [0, 0.05) is 5.02 Å². The molecule has 0 spiro atoms. The molecule has 0 saturated heterocycles. The lowest BCUT2D eigenvalue weighted by atomic mass is 10.1. The van der Waals surface area contributed by atoms with Gasteiger partial charge in [-0.05, 0) is 24.6 Å². The minimum absolute atomic E-state index is 0.115. The number of carbonyl (C=O) groups is 1. The van der Waals surface area contributed by atoms with Gasteiger partial charge in [-0.25, -0.2) is 4.79 Å². The van der Waals surface area contributed by atoms with E-state index in [0.29, 0.717) is 5.02 Å². The third-order valence-corrected chi connectivity index (χ3v) is 1.94. The normalized spacial score (nSPS) is 12.2. The van der Waals surface area contributed by atoms with E-state index in [1.54, 1.807) is 12.1 Å². The van der Waals surface area contributed by atoms with Gasteiger partial charge < -0.3 is 11.1 Å². The van der Waals surface area contributed by atoms with E-state index in [2.05, 4.69) is 5.32 Å². The molecule has 1 aromatic rings. The van der Waals surface area contributed by atoms with Crippen LogP contribution in [0.15, 0.2) is 24.3 Å². The molecule has 1 aromatic carbocycles. The summed E-state index contributed by atoms with van der Waals surface area (Å²) in [5.41, 5.74) is 5.92. The van der Waals surface area contributed by atoms with Crippen LogP contribution in [-0.4, -0.2) is 6.03 Å². The maximum Gasteiger partial charge on any atom is 0.312 e. The third kappa shape index (κ3) is 2.95. The fraction of sp³-hybridized carbons (Fsp3) is 0.222. The Hall–Kier alpha value is -1.22. The average molecular weight is 199 g/mol. The van der Waals surface area contributed by atoms with E-state index in [4.69, 9.17) is 17.3 Å². The number of urea groups is 1. The van der Waals surface area contributed by atoms with Crippen molar-refractivity contribution >= 4 is 17.6 Å². The van der Waals surface area contributed by atoms with Crippen molar-refractivity contribution in [2.45, 2.75) is 13.0 Å². The molecule has 3 nitrogen and oxygen atoms in total. The zero-order valence-corrected chi connectivity index (χ0v) is 8.01. The highest BCUT2D eigenvalue weighted by molar-refractivity contribution is 6.30. The van der Waals surface area contributed by atoms with Crippen LogP contribution in [-0.2, 0) is 0 Å². The molecule has 0 aliphatic rings. The summed E-state index contributed by atoms with van der Waals surface area (Å²) in [4.78, 5) is 10.5. The largest absolute Gasteiger partial charge is 0.352 e. The molecule has 3 N–H and O–H groups in total. The predicted molar refractivity (Wildman–Crippen MR) is 52.6 cm³/mol. The van der Waals surface area contributed by atoms with E-state index in [-0.39, 0.29) is 6.04 Å². The summed E-state index contributed by atoms with van der Waals surface area (Å²) in [6, 6.07) is 6.64. The Labute approximate surface area is 81.9 Å². The lowest BCUT2D eigenvalue weighted by molar-refractivity contribution is 0.246. The van der Waals surface area contributed by atoms with Gasteiger partial charge in [-0.3, -0.25) is 0 Å². The molecule has 0 saturated carbocycles. The molecule has 4 heteroatoms. The van der Waals surface area contributed by atoms with Crippen LogP contribution < -0.4 is 11.1 Å². The summed E-state index contributed by atoms with van der Waals surface area (Å²) in [7, 11) is 0. The van der Waals surface area contributed by atoms with Crippen LogP contribution in [0.2, 0.25) is 5.02 Å². The van der Waals surface area contributed by atoms with Crippen LogP contribution in [0.1, 0.15) is 18.5 Å². The van der Waals surface area contributed by atoms with Gasteiger partial charge in [0.2, 0.25) is 0 Å². The van der Waals surface area contributed by atoms with Gasteiger partial charge in [-0.15, -0.1) is 0 Å². The molecule has 0 aliphatic heterocycles. The number of nitrogens with one attached hydrogen (secondary N) is 1. The average Bonchev–Trinajstić information content (AvgIpc) is 2.03. The van der Waals surface area contributed by atoms with E-state index in [1.165, 1.54) is 0 Å². The van der Waals surface area contributed by atoms with Crippen molar-refractivity contribution in [2.24, 2.45) is 5.73 Å². The molecule has 0 aliphatic carbocycles. The monoisotopic (exact) mass is 198 g/mol. The molecule has 1 unspecified atom stereocenters. The van der Waals surface area contributed by atoms with Crippen LogP contribution in [0.3, 0.4) is 0 Å². The van der Waals surface area contributed by atoms with Crippen molar-refractivity contribution in [1.29, 1.82) is 0 Å². The minimum Gasteiger partial charge on any atom is -0.352 e. The summed E-state index contributed by atoms with van der Waals surface area (Å²) in [6.45, 7) is 1.84. The summed E-state index contributed by atoms with van der Waals surface area (Å²) in [5.74, 6) is 0. The van der Waals surface area contributed by atoms with Crippen molar-refractivity contribution in [3.8, 4) is 0 Å². The molecule has 0 bridgehead atoms. The predicted octanol–water partition coefficient (Wildman–Crippen LogP) is 2.07. The first kappa shape index (κ1) is 9.86. The molecule has 0 radical (unpaired) electrons. The summed E-state index contributed by atoms with van der Waals surface area (Å²) in [5, 5.41) is 3.22. The van der Waals surface area contributed by atoms with Crippen molar-refractivity contribution < 1.29 is 4.79 Å². The van der Waals surface area contributed by atoms with Gasteiger partial charge in [-0.1, -0.05) is 23.7 Å². The number of halogens is 1. The van der Waals surface area contributed by atoms with Crippen molar-refractivity contribution in [1.82, 2.24) is 5.32 Å². The van der Waals surface area contributed by atoms with E-state index in [9.17, 15) is 4.79 Å². The van der Waals surface area contributed by atoms with Gasteiger partial charge in [0.1, 0.15) is 0 Å². The number of primary amides is 1. The molecule has 13 heavy (non-hydrogen) atoms. The SMILES string of the molecule is CC(NC(N)=O)c1cccc(Cl)c1. The first-order valence-corrected chi connectivity index (χ1v) is 4.29. The van der Waals surface area contributed by atoms with Gasteiger partial charge >= 0.3 is 6.03 Å². The second kappa shape index (κ2) is 4.14. The molecule has 0 aromatic heterocycles. The van der Waals surface area contributed by atoms with Gasteiger partial charge in [0.25, 0.3) is 0 Å². The maximum absolute atomic E-state index is 10.5. The van der Waals surface area contributed by atoms with E-state index in [0.717, 1.165) is 5.56 Å². The van der Waals surface area contributed by atoms with Crippen LogP contribution in [0.4, 0.5) is 4.79 Å². The summed E-state index contributed by atoms with van der Waals surface area (Å²) < 4.78 is 0. The Morgan fingerprint density at radius 1 is 1.62 bits per heavy atom. The molecule has 0 fully saturated rings. The van der Waals surface area contributed by atoms with Crippen LogP contribution >= 0.6 is 11.6 Å². The second-order valence-electron chi connectivity index (χ2n) is 2.79. The topological polar surface area (TPSA) is 55.1 Å². The lowest BCUT2D eigenvalue weighted by Crippen LogP contribution is -2.31. The first-order valence-electron chi connectivity index (χ1n) is 3.91. The lowest BCUT2D eigenvalue weighted by Gasteiger charge is -2.12. The summed E-state index contributed by atoms with van der Waals surface area (Å²) >= 11 is 5.78. The van der Waals surface area contributed by atoms with E-state index in [1.807, 2.05) is 19.1 Å². The second-order valence-corrected chi connectivity index (χ2v) is 3.22. The Morgan fingerprint density at radius 3 is 2.85 bits per heavy atom. The number of nitrogens with two attached hydrogens (primary N) is 1. The minimum atomic E-state index is -0.535. The van der Waals surface area contributed by atoms with Gasteiger partial charge in [0.05, 0.1) is 6.04 Å². The van der Waals surface area contributed by atoms with Crippen LogP contribution in [0, 0.1) is 0 Å². The number of rotatable bonds is 2. The molecule has 1 atom stereocenters. The van der Waals surface area contributed by atoms with Gasteiger partial charge in [-0.2, -0.15) is 0 Å². The Bertz CT molecular complexity index is 314. The number of benzene rings is 1. The standard InChI is InChI=1S/C9H11ClN2O/c1-6(12-9(11)13)7-3-2-4-8(10)5-7/h2-6H,1H3,(H3,11,12,13). The Morgan fingerprint density at radius 2 is 2.31 bits per heavy atom.